The van der Waals surface area contributed by atoms with Crippen LogP contribution < -0.4 is 5.19 Å². The van der Waals surface area contributed by atoms with Crippen molar-refractivity contribution < 1.29 is 0 Å². The van der Waals surface area contributed by atoms with Crippen molar-refractivity contribution in [3.05, 3.63) is 138 Å². The third-order valence-corrected chi connectivity index (χ3v) is 12.3. The van der Waals surface area contributed by atoms with Gasteiger partial charge in [0.15, 0.2) is 0 Å². The molecule has 0 heterocycles. The van der Waals surface area contributed by atoms with E-state index < -0.39 is 8.07 Å². The lowest BCUT2D eigenvalue weighted by atomic mass is 9.56. The van der Waals surface area contributed by atoms with Crippen LogP contribution >= 0.6 is 0 Å². The smallest absolute Gasteiger partial charge is 0.0654 e. The first kappa shape index (κ1) is 26.2. The minimum absolute atomic E-state index is 0.00150. The third-order valence-electron chi connectivity index (χ3n) is 8.88. The van der Waals surface area contributed by atoms with Crippen LogP contribution in [0.3, 0.4) is 0 Å². The van der Waals surface area contributed by atoms with Gasteiger partial charge >= 0.3 is 0 Å². The molecule has 0 aromatic heterocycles. The van der Waals surface area contributed by atoms with Crippen molar-refractivity contribution in [3.63, 3.8) is 0 Å². The minimum Gasteiger partial charge on any atom is -0.0654 e. The SMILES string of the molecule is CC(C)(CC(C[Si](C)(C)c1ccccc1)(c1ccccc1)c1ccccc1)C(C)(C)c1ccccc1. The molecule has 4 rings (SSSR count). The molecule has 0 aliphatic rings. The highest BCUT2D eigenvalue weighted by molar-refractivity contribution is 6.90. The predicted molar refractivity (Wildman–Crippen MR) is 160 cm³/mol. The number of rotatable bonds is 9. The van der Waals surface area contributed by atoms with Crippen LogP contribution in [-0.2, 0) is 10.8 Å². The van der Waals surface area contributed by atoms with Gasteiger partial charge in [-0.25, -0.2) is 0 Å². The van der Waals surface area contributed by atoms with Gasteiger partial charge in [0.1, 0.15) is 0 Å². The van der Waals surface area contributed by atoms with Crippen molar-refractivity contribution in [2.75, 3.05) is 0 Å². The van der Waals surface area contributed by atoms with E-state index in [1.807, 2.05) is 0 Å². The van der Waals surface area contributed by atoms with Crippen molar-refractivity contribution in [2.24, 2.45) is 5.41 Å². The molecule has 186 valence electrons. The highest BCUT2D eigenvalue weighted by Crippen LogP contribution is 2.53. The summed E-state index contributed by atoms with van der Waals surface area (Å²) in [4.78, 5) is 0. The standard InChI is InChI=1S/C35H42Si/c1-33(2,34(3,4)29-19-11-7-12-20-29)27-35(30-21-13-8-14-22-30,31-23-15-9-16-24-31)28-36(5,6)32-25-17-10-18-26-32/h7-26H,27-28H2,1-6H3. The van der Waals surface area contributed by atoms with Crippen molar-refractivity contribution >= 4 is 13.3 Å². The maximum absolute atomic E-state index is 2.55. The molecule has 0 unspecified atom stereocenters. The zero-order valence-corrected chi connectivity index (χ0v) is 24.0. The first-order valence-corrected chi connectivity index (χ1v) is 16.5. The van der Waals surface area contributed by atoms with E-state index >= 15 is 0 Å². The molecule has 0 atom stereocenters. The molecule has 4 aromatic rings. The Balaban J connectivity index is 1.92. The Kier molecular flexibility index (Phi) is 7.43. The van der Waals surface area contributed by atoms with Crippen molar-refractivity contribution in [1.82, 2.24) is 0 Å². The molecule has 0 saturated heterocycles. The summed E-state index contributed by atoms with van der Waals surface area (Å²) in [5, 5.41) is 1.53. The second kappa shape index (κ2) is 10.2. The van der Waals surface area contributed by atoms with Gasteiger partial charge in [-0.1, -0.05) is 167 Å². The second-order valence-corrected chi connectivity index (χ2v) is 17.0. The van der Waals surface area contributed by atoms with Crippen molar-refractivity contribution in [2.45, 2.75) is 64.1 Å². The van der Waals surface area contributed by atoms with Crippen LogP contribution in [0.4, 0.5) is 0 Å². The molecule has 0 fully saturated rings. The summed E-state index contributed by atoms with van der Waals surface area (Å²) < 4.78 is 0. The summed E-state index contributed by atoms with van der Waals surface area (Å²) in [6, 6.07) is 46.2. The summed E-state index contributed by atoms with van der Waals surface area (Å²) in [5.74, 6) is 0. The van der Waals surface area contributed by atoms with Crippen LogP contribution in [0.1, 0.15) is 50.8 Å². The molecule has 0 saturated carbocycles. The average Bonchev–Trinajstić information content (AvgIpc) is 2.90. The fourth-order valence-electron chi connectivity index (χ4n) is 6.12. The van der Waals surface area contributed by atoms with Crippen LogP contribution in [0.25, 0.3) is 0 Å². The molecule has 0 amide bonds. The minimum atomic E-state index is -1.82. The molecule has 0 nitrogen and oxygen atoms in total. The lowest BCUT2D eigenvalue weighted by Crippen LogP contribution is -2.51. The maximum Gasteiger partial charge on any atom is 0.0818 e. The second-order valence-electron chi connectivity index (χ2n) is 12.3. The van der Waals surface area contributed by atoms with Crippen LogP contribution in [0.15, 0.2) is 121 Å². The lowest BCUT2D eigenvalue weighted by molar-refractivity contribution is 0.149. The fourth-order valence-corrected chi connectivity index (χ4v) is 9.46. The Morgan fingerprint density at radius 3 is 1.28 bits per heavy atom. The number of benzene rings is 4. The molecule has 4 aromatic carbocycles. The van der Waals surface area contributed by atoms with E-state index in [4.69, 9.17) is 0 Å². The fraction of sp³-hybridized carbons (Fsp3) is 0.314. The molecule has 0 aliphatic heterocycles. The van der Waals surface area contributed by atoms with Crippen LogP contribution in [0.2, 0.25) is 19.1 Å². The average molecular weight is 491 g/mol. The Hall–Kier alpha value is -2.90. The lowest BCUT2D eigenvalue weighted by Gasteiger charge is -2.51. The van der Waals surface area contributed by atoms with E-state index in [9.17, 15) is 0 Å². The molecular formula is C35H42Si. The van der Waals surface area contributed by atoms with E-state index in [1.54, 1.807) is 0 Å². The Morgan fingerprint density at radius 1 is 0.500 bits per heavy atom. The maximum atomic E-state index is 2.55. The third kappa shape index (κ3) is 5.13. The van der Waals surface area contributed by atoms with Gasteiger partial charge in [0.05, 0.1) is 8.07 Å². The van der Waals surface area contributed by atoms with Crippen LogP contribution in [0.5, 0.6) is 0 Å². The molecule has 1 heteroatoms. The zero-order valence-electron chi connectivity index (χ0n) is 23.0. The van der Waals surface area contributed by atoms with Gasteiger partial charge in [0.2, 0.25) is 0 Å². The summed E-state index contributed by atoms with van der Waals surface area (Å²) >= 11 is 0. The number of hydrogen-bond acceptors (Lipinski definition) is 0. The summed E-state index contributed by atoms with van der Waals surface area (Å²) in [5.41, 5.74) is 4.21. The summed E-state index contributed by atoms with van der Waals surface area (Å²) in [7, 11) is -1.82. The van der Waals surface area contributed by atoms with Gasteiger partial charge in [-0.3, -0.25) is 0 Å². The highest BCUT2D eigenvalue weighted by atomic mass is 28.3. The van der Waals surface area contributed by atoms with Gasteiger partial charge < -0.3 is 0 Å². The quantitative estimate of drug-likeness (QED) is 0.205. The van der Waals surface area contributed by atoms with E-state index in [2.05, 4.69) is 162 Å². The molecule has 0 N–H and O–H groups in total. The first-order valence-electron chi connectivity index (χ1n) is 13.3. The molecule has 0 radical (unpaired) electrons. The van der Waals surface area contributed by atoms with Crippen molar-refractivity contribution in [3.8, 4) is 0 Å². The largest absolute Gasteiger partial charge is 0.0818 e. The monoisotopic (exact) mass is 490 g/mol. The molecule has 0 aliphatic carbocycles. The molecule has 36 heavy (non-hydrogen) atoms. The predicted octanol–water partition coefficient (Wildman–Crippen LogP) is 8.98. The Bertz CT molecular complexity index is 1180. The van der Waals surface area contributed by atoms with E-state index in [1.165, 1.54) is 21.9 Å². The van der Waals surface area contributed by atoms with Gasteiger partial charge in [-0.2, -0.15) is 0 Å². The molecule has 0 bridgehead atoms. The van der Waals surface area contributed by atoms with Crippen LogP contribution in [-0.4, -0.2) is 8.07 Å². The Labute approximate surface area is 220 Å². The zero-order chi connectivity index (χ0) is 25.9. The highest BCUT2D eigenvalue weighted by Gasteiger charge is 2.49. The van der Waals surface area contributed by atoms with Gasteiger partial charge in [0.25, 0.3) is 0 Å². The number of hydrogen-bond donors (Lipinski definition) is 0. The van der Waals surface area contributed by atoms with Gasteiger partial charge in [-0.15, -0.1) is 0 Å². The first-order chi connectivity index (χ1) is 17.1. The topological polar surface area (TPSA) is 0 Å². The van der Waals surface area contributed by atoms with E-state index in [0.29, 0.717) is 0 Å². The molecular weight excluding hydrogens is 448 g/mol. The van der Waals surface area contributed by atoms with Crippen LogP contribution in [0, 0.1) is 5.41 Å². The molecule has 0 spiro atoms. The summed E-state index contributed by atoms with van der Waals surface area (Å²) in [6.45, 7) is 14.9. The normalized spacial score (nSPS) is 12.9. The van der Waals surface area contributed by atoms with E-state index in [0.717, 1.165) is 12.5 Å². The van der Waals surface area contributed by atoms with Crippen molar-refractivity contribution in [1.29, 1.82) is 0 Å². The van der Waals surface area contributed by atoms with E-state index in [-0.39, 0.29) is 16.2 Å². The Morgan fingerprint density at radius 2 is 0.861 bits per heavy atom. The van der Waals surface area contributed by atoms with Gasteiger partial charge in [0, 0.05) is 5.41 Å². The van der Waals surface area contributed by atoms with Gasteiger partial charge in [-0.05, 0) is 40.0 Å². The summed E-state index contributed by atoms with van der Waals surface area (Å²) in [6.07, 6.45) is 1.07.